The SMILES string of the molecule is COc1ccc(C/C(CC(=O)c2ccccc2)=C2\CCc3ccccc3C2=O)cc1. The third-order valence-corrected chi connectivity index (χ3v) is 5.65. The highest BCUT2D eigenvalue weighted by atomic mass is 16.5. The van der Waals surface area contributed by atoms with Crippen LogP contribution in [0.4, 0.5) is 0 Å². The van der Waals surface area contributed by atoms with Crippen molar-refractivity contribution in [2.24, 2.45) is 0 Å². The van der Waals surface area contributed by atoms with E-state index in [2.05, 4.69) is 0 Å². The number of ether oxygens (including phenoxy) is 1. The van der Waals surface area contributed by atoms with Crippen molar-refractivity contribution in [3.63, 3.8) is 0 Å². The first-order valence-electron chi connectivity index (χ1n) is 10.2. The molecule has 0 aliphatic heterocycles. The van der Waals surface area contributed by atoms with Crippen LogP contribution in [0.15, 0.2) is 90.0 Å². The molecule has 30 heavy (non-hydrogen) atoms. The maximum Gasteiger partial charge on any atom is 0.189 e. The predicted octanol–water partition coefficient (Wildman–Crippen LogP) is 5.64. The molecule has 0 radical (unpaired) electrons. The van der Waals surface area contributed by atoms with Gasteiger partial charge in [0, 0.05) is 23.1 Å². The van der Waals surface area contributed by atoms with Gasteiger partial charge in [-0.05, 0) is 42.5 Å². The van der Waals surface area contributed by atoms with Crippen LogP contribution in [0.25, 0.3) is 0 Å². The van der Waals surface area contributed by atoms with Crippen LogP contribution in [-0.4, -0.2) is 18.7 Å². The summed E-state index contributed by atoms with van der Waals surface area (Å²) in [6, 6.07) is 24.9. The summed E-state index contributed by atoms with van der Waals surface area (Å²) in [7, 11) is 1.64. The molecule has 150 valence electrons. The van der Waals surface area contributed by atoms with Gasteiger partial charge < -0.3 is 4.74 Å². The number of Topliss-reactive ketones (excluding diaryl/α,β-unsaturated/α-hetero) is 2. The van der Waals surface area contributed by atoms with E-state index in [9.17, 15) is 9.59 Å². The first-order valence-corrected chi connectivity index (χ1v) is 10.2. The summed E-state index contributed by atoms with van der Waals surface area (Å²) in [6.07, 6.45) is 2.32. The Morgan fingerprint density at radius 2 is 1.57 bits per heavy atom. The van der Waals surface area contributed by atoms with Crippen LogP contribution in [0.3, 0.4) is 0 Å². The standard InChI is InChI=1S/C27H24O3/c1-30-23-14-11-19(12-15-23)17-22(18-26(28)21-8-3-2-4-9-21)25-16-13-20-7-5-6-10-24(20)27(25)29/h2-12,14-15H,13,16-18H2,1H3/b25-22-. The summed E-state index contributed by atoms with van der Waals surface area (Å²) < 4.78 is 5.25. The summed E-state index contributed by atoms with van der Waals surface area (Å²) in [5.74, 6) is 0.885. The minimum absolute atomic E-state index is 0.0401. The second-order valence-electron chi connectivity index (χ2n) is 7.56. The Morgan fingerprint density at radius 1 is 0.867 bits per heavy atom. The maximum absolute atomic E-state index is 13.3. The molecule has 0 atom stereocenters. The fourth-order valence-corrected chi connectivity index (χ4v) is 4.02. The van der Waals surface area contributed by atoms with Crippen molar-refractivity contribution in [2.75, 3.05) is 7.11 Å². The number of aryl methyl sites for hydroxylation is 1. The first kappa shape index (κ1) is 19.8. The Kier molecular flexibility index (Phi) is 5.89. The van der Waals surface area contributed by atoms with E-state index in [0.717, 1.165) is 40.0 Å². The number of benzene rings is 3. The molecule has 3 heteroatoms. The van der Waals surface area contributed by atoms with Gasteiger partial charge in [-0.3, -0.25) is 9.59 Å². The Hall–Kier alpha value is -3.46. The number of ketones is 2. The van der Waals surface area contributed by atoms with Gasteiger partial charge in [0.2, 0.25) is 0 Å². The van der Waals surface area contributed by atoms with Crippen molar-refractivity contribution >= 4 is 11.6 Å². The summed E-state index contributed by atoms with van der Waals surface area (Å²) in [6.45, 7) is 0. The number of fused-ring (bicyclic) bond motifs is 1. The largest absolute Gasteiger partial charge is 0.497 e. The zero-order valence-corrected chi connectivity index (χ0v) is 17.1. The number of hydrogen-bond donors (Lipinski definition) is 0. The van der Waals surface area contributed by atoms with E-state index in [1.165, 1.54) is 0 Å². The lowest BCUT2D eigenvalue weighted by Gasteiger charge is -2.21. The highest BCUT2D eigenvalue weighted by Gasteiger charge is 2.25. The van der Waals surface area contributed by atoms with E-state index in [4.69, 9.17) is 4.74 Å². The molecule has 3 nitrogen and oxygen atoms in total. The molecule has 3 aromatic rings. The van der Waals surface area contributed by atoms with Crippen molar-refractivity contribution < 1.29 is 14.3 Å². The van der Waals surface area contributed by atoms with E-state index < -0.39 is 0 Å². The molecule has 1 aliphatic rings. The molecule has 1 aliphatic carbocycles. The number of allylic oxidation sites excluding steroid dienone is 2. The summed E-state index contributed by atoms with van der Waals surface area (Å²) in [5, 5.41) is 0. The van der Waals surface area contributed by atoms with Crippen LogP contribution in [0, 0.1) is 0 Å². The number of carbonyl (C=O) groups excluding carboxylic acids is 2. The smallest absolute Gasteiger partial charge is 0.189 e. The minimum atomic E-state index is 0.0401. The molecule has 0 bridgehead atoms. The number of rotatable bonds is 6. The van der Waals surface area contributed by atoms with E-state index in [0.29, 0.717) is 18.4 Å². The molecule has 0 N–H and O–H groups in total. The van der Waals surface area contributed by atoms with Gasteiger partial charge in [0.1, 0.15) is 5.75 Å². The second kappa shape index (κ2) is 8.91. The van der Waals surface area contributed by atoms with Gasteiger partial charge in [0.15, 0.2) is 11.6 Å². The van der Waals surface area contributed by atoms with Crippen LogP contribution >= 0.6 is 0 Å². The lowest BCUT2D eigenvalue weighted by Crippen LogP contribution is -2.18. The zero-order chi connectivity index (χ0) is 20.9. The quantitative estimate of drug-likeness (QED) is 0.400. The third kappa shape index (κ3) is 4.25. The second-order valence-corrected chi connectivity index (χ2v) is 7.56. The predicted molar refractivity (Wildman–Crippen MR) is 118 cm³/mol. The third-order valence-electron chi connectivity index (χ3n) is 5.65. The molecule has 0 heterocycles. The van der Waals surface area contributed by atoms with Gasteiger partial charge in [0.05, 0.1) is 7.11 Å². The summed E-state index contributed by atoms with van der Waals surface area (Å²) >= 11 is 0. The lowest BCUT2D eigenvalue weighted by atomic mass is 9.81. The van der Waals surface area contributed by atoms with E-state index in [1.54, 1.807) is 7.11 Å². The Morgan fingerprint density at radius 3 is 2.30 bits per heavy atom. The highest BCUT2D eigenvalue weighted by molar-refractivity contribution is 6.12. The monoisotopic (exact) mass is 396 g/mol. The van der Waals surface area contributed by atoms with E-state index >= 15 is 0 Å². The van der Waals surface area contributed by atoms with Crippen molar-refractivity contribution in [1.29, 1.82) is 0 Å². The molecule has 0 saturated heterocycles. The number of hydrogen-bond acceptors (Lipinski definition) is 3. The molecule has 4 rings (SSSR count). The molecule has 0 amide bonds. The maximum atomic E-state index is 13.3. The highest BCUT2D eigenvalue weighted by Crippen LogP contribution is 2.30. The van der Waals surface area contributed by atoms with Crippen molar-refractivity contribution in [2.45, 2.75) is 25.7 Å². The summed E-state index contributed by atoms with van der Waals surface area (Å²) in [4.78, 5) is 26.3. The van der Waals surface area contributed by atoms with Gasteiger partial charge >= 0.3 is 0 Å². The van der Waals surface area contributed by atoms with Crippen LogP contribution in [0.1, 0.15) is 44.7 Å². The van der Waals surface area contributed by atoms with Gasteiger partial charge in [-0.25, -0.2) is 0 Å². The molecule has 0 aromatic heterocycles. The average Bonchev–Trinajstić information content (AvgIpc) is 2.80. The van der Waals surface area contributed by atoms with Gasteiger partial charge in [-0.1, -0.05) is 72.3 Å². The average molecular weight is 396 g/mol. The van der Waals surface area contributed by atoms with Crippen molar-refractivity contribution in [3.05, 3.63) is 112 Å². The lowest BCUT2D eigenvalue weighted by molar-refractivity contribution is 0.0991. The fourth-order valence-electron chi connectivity index (χ4n) is 4.02. The Labute approximate surface area is 177 Å². The summed E-state index contributed by atoms with van der Waals surface area (Å²) in [5.41, 5.74) is 5.28. The fraction of sp³-hybridized carbons (Fsp3) is 0.185. The van der Waals surface area contributed by atoms with E-state index in [1.807, 2.05) is 78.9 Å². The molecule has 0 fully saturated rings. The Balaban J connectivity index is 1.70. The van der Waals surface area contributed by atoms with Gasteiger partial charge in [-0.2, -0.15) is 0 Å². The topological polar surface area (TPSA) is 43.4 Å². The first-order chi connectivity index (χ1) is 14.7. The van der Waals surface area contributed by atoms with Crippen molar-refractivity contribution in [3.8, 4) is 5.75 Å². The molecular formula is C27H24O3. The number of methoxy groups -OCH3 is 1. The molecule has 0 spiro atoms. The van der Waals surface area contributed by atoms with Gasteiger partial charge in [0.25, 0.3) is 0 Å². The molecule has 0 unspecified atom stereocenters. The van der Waals surface area contributed by atoms with Crippen molar-refractivity contribution in [1.82, 2.24) is 0 Å². The van der Waals surface area contributed by atoms with Crippen LogP contribution < -0.4 is 4.74 Å². The van der Waals surface area contributed by atoms with Crippen LogP contribution in [-0.2, 0) is 12.8 Å². The minimum Gasteiger partial charge on any atom is -0.497 e. The molecule has 0 saturated carbocycles. The van der Waals surface area contributed by atoms with Crippen LogP contribution in [0.5, 0.6) is 5.75 Å². The number of carbonyl (C=O) groups is 2. The normalized spacial score (nSPS) is 14.8. The van der Waals surface area contributed by atoms with Gasteiger partial charge in [-0.15, -0.1) is 0 Å². The zero-order valence-electron chi connectivity index (χ0n) is 17.1. The Bertz CT molecular complexity index is 1090. The van der Waals surface area contributed by atoms with Crippen LogP contribution in [0.2, 0.25) is 0 Å². The molecular weight excluding hydrogens is 372 g/mol. The molecule has 3 aromatic carbocycles. The van der Waals surface area contributed by atoms with E-state index in [-0.39, 0.29) is 18.0 Å².